The zero-order valence-corrected chi connectivity index (χ0v) is 14.5. The molecular formula is C20H25N3O2. The minimum Gasteiger partial charge on any atom is -0.353 e. The summed E-state index contributed by atoms with van der Waals surface area (Å²) >= 11 is 0. The first-order chi connectivity index (χ1) is 12.2. The fourth-order valence-corrected chi connectivity index (χ4v) is 2.46. The van der Waals surface area contributed by atoms with Crippen molar-refractivity contribution in [2.24, 2.45) is 0 Å². The minimum absolute atomic E-state index is 0.175. The van der Waals surface area contributed by atoms with Crippen molar-refractivity contribution in [2.45, 2.75) is 19.4 Å². The van der Waals surface area contributed by atoms with Crippen LogP contribution in [0.15, 0.2) is 60.7 Å². The summed E-state index contributed by atoms with van der Waals surface area (Å²) in [5.74, 6) is -0.422. The normalized spacial score (nSPS) is 11.6. The molecule has 0 saturated heterocycles. The quantitative estimate of drug-likeness (QED) is 0.610. The van der Waals surface area contributed by atoms with Gasteiger partial charge in [-0.15, -0.1) is 0 Å². The Kier molecular flexibility index (Phi) is 7.66. The van der Waals surface area contributed by atoms with Gasteiger partial charge in [0.1, 0.15) is 6.04 Å². The van der Waals surface area contributed by atoms with Gasteiger partial charge in [0.15, 0.2) is 0 Å². The number of carbonyl (C=O) groups is 2. The van der Waals surface area contributed by atoms with Crippen molar-refractivity contribution in [3.05, 3.63) is 71.8 Å². The molecule has 0 radical (unpaired) electrons. The number of rotatable bonds is 9. The summed E-state index contributed by atoms with van der Waals surface area (Å²) in [7, 11) is 0. The van der Waals surface area contributed by atoms with Gasteiger partial charge < -0.3 is 16.0 Å². The second-order valence-electron chi connectivity index (χ2n) is 5.73. The second kappa shape index (κ2) is 10.3. The Labute approximate surface area is 148 Å². The van der Waals surface area contributed by atoms with Crippen molar-refractivity contribution in [3.8, 4) is 0 Å². The summed E-state index contributed by atoms with van der Waals surface area (Å²) in [5.41, 5.74) is 1.55. The third-order valence-electron chi connectivity index (χ3n) is 3.79. The van der Waals surface area contributed by atoms with Crippen LogP contribution in [0.4, 0.5) is 0 Å². The molecule has 132 valence electrons. The van der Waals surface area contributed by atoms with Gasteiger partial charge in [0.25, 0.3) is 5.91 Å². The first kappa shape index (κ1) is 18.7. The highest BCUT2D eigenvalue weighted by molar-refractivity contribution is 5.97. The number of amides is 2. The van der Waals surface area contributed by atoms with Crippen molar-refractivity contribution in [1.82, 2.24) is 16.0 Å². The zero-order valence-electron chi connectivity index (χ0n) is 14.5. The molecule has 5 nitrogen and oxygen atoms in total. The molecule has 5 heteroatoms. The highest BCUT2D eigenvalue weighted by Crippen LogP contribution is 2.05. The van der Waals surface area contributed by atoms with Gasteiger partial charge in [0.2, 0.25) is 5.91 Å². The minimum atomic E-state index is -0.614. The fraction of sp³-hybridized carbons (Fsp3) is 0.300. The van der Waals surface area contributed by atoms with Crippen LogP contribution in [-0.4, -0.2) is 37.5 Å². The summed E-state index contributed by atoms with van der Waals surface area (Å²) in [4.78, 5) is 24.9. The van der Waals surface area contributed by atoms with Crippen LogP contribution in [0.5, 0.6) is 0 Å². The first-order valence-electron chi connectivity index (χ1n) is 8.59. The molecule has 0 saturated carbocycles. The molecule has 25 heavy (non-hydrogen) atoms. The predicted octanol–water partition coefficient (Wildman–Crippen LogP) is 1.75. The van der Waals surface area contributed by atoms with Crippen LogP contribution in [0, 0.1) is 0 Å². The zero-order chi connectivity index (χ0) is 17.9. The number of nitrogens with one attached hydrogen (secondary N) is 3. The summed E-state index contributed by atoms with van der Waals surface area (Å²) in [6.45, 7) is 4.10. The van der Waals surface area contributed by atoms with Crippen LogP contribution in [0.25, 0.3) is 0 Å². The van der Waals surface area contributed by atoms with Gasteiger partial charge in [-0.3, -0.25) is 9.59 Å². The van der Waals surface area contributed by atoms with E-state index in [1.54, 1.807) is 24.3 Å². The van der Waals surface area contributed by atoms with Crippen LogP contribution in [0.2, 0.25) is 0 Å². The Morgan fingerprint density at radius 2 is 1.56 bits per heavy atom. The van der Waals surface area contributed by atoms with Gasteiger partial charge in [0, 0.05) is 25.1 Å². The maximum absolute atomic E-state index is 12.5. The number of carbonyl (C=O) groups excluding carboxylic acids is 2. The van der Waals surface area contributed by atoms with Crippen molar-refractivity contribution < 1.29 is 9.59 Å². The van der Waals surface area contributed by atoms with E-state index in [-0.39, 0.29) is 11.8 Å². The van der Waals surface area contributed by atoms with E-state index in [0.717, 1.165) is 12.1 Å². The summed E-state index contributed by atoms with van der Waals surface area (Å²) < 4.78 is 0. The van der Waals surface area contributed by atoms with Crippen molar-refractivity contribution >= 4 is 11.8 Å². The molecule has 0 bridgehead atoms. The van der Waals surface area contributed by atoms with E-state index in [4.69, 9.17) is 0 Å². The molecule has 0 aliphatic heterocycles. The van der Waals surface area contributed by atoms with E-state index in [1.165, 1.54) is 0 Å². The average molecular weight is 339 g/mol. The molecule has 0 spiro atoms. The molecule has 0 heterocycles. The number of likely N-dealkylation sites (N-methyl/N-ethyl adjacent to an activating group) is 1. The van der Waals surface area contributed by atoms with Gasteiger partial charge in [-0.2, -0.15) is 0 Å². The number of benzene rings is 2. The molecule has 0 fully saturated rings. The molecule has 1 atom stereocenters. The van der Waals surface area contributed by atoms with E-state index in [1.807, 2.05) is 43.3 Å². The molecule has 2 aromatic carbocycles. The Morgan fingerprint density at radius 3 is 2.20 bits per heavy atom. The third-order valence-corrected chi connectivity index (χ3v) is 3.79. The molecule has 1 unspecified atom stereocenters. The van der Waals surface area contributed by atoms with Crippen LogP contribution < -0.4 is 16.0 Å². The van der Waals surface area contributed by atoms with E-state index >= 15 is 0 Å². The monoisotopic (exact) mass is 339 g/mol. The van der Waals surface area contributed by atoms with Crippen LogP contribution in [-0.2, 0) is 11.2 Å². The molecule has 0 aliphatic carbocycles. The number of hydrogen-bond acceptors (Lipinski definition) is 3. The Balaban J connectivity index is 2.03. The molecule has 2 rings (SSSR count). The summed E-state index contributed by atoms with van der Waals surface area (Å²) in [5, 5.41) is 8.89. The third kappa shape index (κ3) is 6.39. The average Bonchev–Trinajstić information content (AvgIpc) is 2.66. The van der Waals surface area contributed by atoms with Crippen LogP contribution >= 0.6 is 0 Å². The lowest BCUT2D eigenvalue weighted by Gasteiger charge is -2.19. The van der Waals surface area contributed by atoms with Crippen molar-refractivity contribution in [2.75, 3.05) is 19.6 Å². The number of hydrogen-bond donors (Lipinski definition) is 3. The van der Waals surface area contributed by atoms with Gasteiger partial charge >= 0.3 is 0 Å². The molecular weight excluding hydrogens is 314 g/mol. The molecule has 0 aliphatic rings. The maximum atomic E-state index is 12.5. The standard InChI is InChI=1S/C20H25N3O2/c1-2-21-13-14-22-20(25)18(15-16-9-5-3-6-10-16)23-19(24)17-11-7-4-8-12-17/h3-12,18,21H,2,13-15H2,1H3,(H,22,25)(H,23,24). The molecule has 2 amide bonds. The van der Waals surface area contributed by atoms with Crippen LogP contribution in [0.3, 0.4) is 0 Å². The van der Waals surface area contributed by atoms with Gasteiger partial charge in [-0.05, 0) is 24.2 Å². The van der Waals surface area contributed by atoms with E-state index in [0.29, 0.717) is 25.1 Å². The summed E-state index contributed by atoms with van der Waals surface area (Å²) in [6.07, 6.45) is 0.451. The topological polar surface area (TPSA) is 70.2 Å². The van der Waals surface area contributed by atoms with Gasteiger partial charge in [-0.25, -0.2) is 0 Å². The molecule has 3 N–H and O–H groups in total. The second-order valence-corrected chi connectivity index (χ2v) is 5.73. The maximum Gasteiger partial charge on any atom is 0.251 e. The Bertz CT molecular complexity index is 659. The van der Waals surface area contributed by atoms with Crippen LogP contribution in [0.1, 0.15) is 22.8 Å². The first-order valence-corrected chi connectivity index (χ1v) is 8.59. The Morgan fingerprint density at radius 1 is 0.920 bits per heavy atom. The van der Waals surface area contributed by atoms with E-state index < -0.39 is 6.04 Å². The Hall–Kier alpha value is -2.66. The van der Waals surface area contributed by atoms with E-state index in [2.05, 4.69) is 16.0 Å². The smallest absolute Gasteiger partial charge is 0.251 e. The predicted molar refractivity (Wildman–Crippen MR) is 99.4 cm³/mol. The highest BCUT2D eigenvalue weighted by Gasteiger charge is 2.21. The SMILES string of the molecule is CCNCCNC(=O)C(Cc1ccccc1)NC(=O)c1ccccc1. The van der Waals surface area contributed by atoms with E-state index in [9.17, 15) is 9.59 Å². The fourth-order valence-electron chi connectivity index (χ4n) is 2.46. The molecule has 0 aromatic heterocycles. The lowest BCUT2D eigenvalue weighted by atomic mass is 10.0. The van der Waals surface area contributed by atoms with Crippen molar-refractivity contribution in [1.29, 1.82) is 0 Å². The van der Waals surface area contributed by atoms with Gasteiger partial charge in [-0.1, -0.05) is 55.5 Å². The lowest BCUT2D eigenvalue weighted by molar-refractivity contribution is -0.122. The summed E-state index contributed by atoms with van der Waals surface area (Å²) in [6, 6.07) is 18.0. The lowest BCUT2D eigenvalue weighted by Crippen LogP contribution is -2.49. The largest absolute Gasteiger partial charge is 0.353 e. The highest BCUT2D eigenvalue weighted by atomic mass is 16.2. The molecule has 2 aromatic rings. The van der Waals surface area contributed by atoms with Crippen molar-refractivity contribution in [3.63, 3.8) is 0 Å². The van der Waals surface area contributed by atoms with Gasteiger partial charge in [0.05, 0.1) is 0 Å².